The normalized spacial score (nSPS) is 12.9. The molecule has 0 amide bonds. The Hall–Kier alpha value is -0.510. The first-order chi connectivity index (χ1) is 9.11. The van der Waals surface area contributed by atoms with Gasteiger partial charge in [0.1, 0.15) is 0 Å². The second-order valence-electron chi connectivity index (χ2n) is 5.38. The van der Waals surface area contributed by atoms with E-state index in [4.69, 9.17) is 4.74 Å². The van der Waals surface area contributed by atoms with E-state index in [1.807, 2.05) is 11.8 Å². The largest absolute Gasteiger partial charge is 0.385 e. The van der Waals surface area contributed by atoms with Crippen molar-refractivity contribution in [3.63, 3.8) is 0 Å². The van der Waals surface area contributed by atoms with E-state index < -0.39 is 0 Å². The third-order valence-electron chi connectivity index (χ3n) is 2.87. The summed E-state index contributed by atoms with van der Waals surface area (Å²) in [6.45, 7) is 9.59. The molecule has 0 aromatic heterocycles. The van der Waals surface area contributed by atoms with Crippen LogP contribution < -0.4 is 5.32 Å². The minimum atomic E-state index is 0.602. The number of hydrogen-bond acceptors (Lipinski definition) is 3. The Morgan fingerprint density at radius 2 is 1.84 bits per heavy atom. The van der Waals surface area contributed by atoms with Crippen LogP contribution in [0.2, 0.25) is 0 Å². The molecule has 0 radical (unpaired) electrons. The summed E-state index contributed by atoms with van der Waals surface area (Å²) in [7, 11) is 1.76. The van der Waals surface area contributed by atoms with E-state index in [1.54, 1.807) is 7.11 Å². The number of benzene rings is 1. The lowest BCUT2D eigenvalue weighted by atomic mass is 10.2. The number of hydrogen-bond donors (Lipinski definition) is 1. The zero-order valence-corrected chi connectivity index (χ0v) is 13.4. The molecule has 0 heterocycles. The maximum atomic E-state index is 5.11. The molecule has 1 rings (SSSR count). The molecule has 1 N–H and O–H groups in total. The first kappa shape index (κ1) is 16.5. The molecular weight excluding hydrogens is 254 g/mol. The smallest absolute Gasteiger partial charge is 0.0472 e. The van der Waals surface area contributed by atoms with Crippen LogP contribution in [0.4, 0.5) is 0 Å². The van der Waals surface area contributed by atoms with Gasteiger partial charge in [0.25, 0.3) is 0 Å². The highest BCUT2D eigenvalue weighted by molar-refractivity contribution is 7.99. The molecule has 0 aliphatic carbocycles. The van der Waals surface area contributed by atoms with Gasteiger partial charge in [-0.15, -0.1) is 11.8 Å². The van der Waals surface area contributed by atoms with Crippen molar-refractivity contribution in [2.75, 3.05) is 20.3 Å². The summed E-state index contributed by atoms with van der Waals surface area (Å²) in [5, 5.41) is 4.07. The molecule has 1 aromatic rings. The highest BCUT2D eigenvalue weighted by Gasteiger charge is 2.04. The van der Waals surface area contributed by atoms with Crippen LogP contribution in [0.5, 0.6) is 0 Å². The lowest BCUT2D eigenvalue weighted by Crippen LogP contribution is -2.18. The molecule has 0 fully saturated rings. The van der Waals surface area contributed by atoms with Crippen molar-refractivity contribution < 1.29 is 4.74 Å². The van der Waals surface area contributed by atoms with Gasteiger partial charge >= 0.3 is 0 Å². The van der Waals surface area contributed by atoms with Crippen molar-refractivity contribution >= 4 is 11.8 Å². The Labute approximate surface area is 122 Å². The molecule has 0 saturated heterocycles. The van der Waals surface area contributed by atoms with Gasteiger partial charge in [-0.3, -0.25) is 0 Å². The van der Waals surface area contributed by atoms with E-state index in [0.29, 0.717) is 11.2 Å². The van der Waals surface area contributed by atoms with Crippen LogP contribution in [0.3, 0.4) is 0 Å². The fourth-order valence-electron chi connectivity index (χ4n) is 1.77. The Balaban J connectivity index is 2.34. The Morgan fingerprint density at radius 1 is 1.16 bits per heavy atom. The van der Waals surface area contributed by atoms with Gasteiger partial charge < -0.3 is 10.1 Å². The molecule has 1 atom stereocenters. The third-order valence-corrected chi connectivity index (χ3v) is 4.05. The SMILES string of the molecule is COCCC(C)Sc1ccc(CNCC(C)C)cc1. The van der Waals surface area contributed by atoms with Gasteiger partial charge in [-0.1, -0.05) is 32.9 Å². The number of thioether (sulfide) groups is 1. The quantitative estimate of drug-likeness (QED) is 0.693. The fourth-order valence-corrected chi connectivity index (χ4v) is 2.74. The predicted octanol–water partition coefficient (Wildman–Crippen LogP) is 3.95. The van der Waals surface area contributed by atoms with Crippen molar-refractivity contribution in [2.45, 2.75) is 43.9 Å². The highest BCUT2D eigenvalue weighted by atomic mass is 32.2. The molecule has 0 saturated carbocycles. The Morgan fingerprint density at radius 3 is 2.42 bits per heavy atom. The second kappa shape index (κ2) is 9.40. The summed E-state index contributed by atoms with van der Waals surface area (Å²) in [6, 6.07) is 8.89. The molecule has 108 valence electrons. The van der Waals surface area contributed by atoms with E-state index in [1.165, 1.54) is 10.5 Å². The van der Waals surface area contributed by atoms with Crippen LogP contribution in [0.1, 0.15) is 32.8 Å². The maximum Gasteiger partial charge on any atom is 0.0472 e. The molecule has 1 unspecified atom stereocenters. The zero-order valence-electron chi connectivity index (χ0n) is 12.6. The summed E-state index contributed by atoms with van der Waals surface area (Å²) in [4.78, 5) is 1.34. The minimum absolute atomic E-state index is 0.602. The van der Waals surface area contributed by atoms with Gasteiger partial charge in [-0.2, -0.15) is 0 Å². The zero-order chi connectivity index (χ0) is 14.1. The molecular formula is C16H27NOS. The standard InChI is InChI=1S/C16H27NOS/c1-13(2)11-17-12-15-5-7-16(8-6-15)19-14(3)9-10-18-4/h5-8,13-14,17H,9-12H2,1-4H3. The van der Waals surface area contributed by atoms with E-state index in [9.17, 15) is 0 Å². The molecule has 0 aliphatic rings. The highest BCUT2D eigenvalue weighted by Crippen LogP contribution is 2.25. The molecule has 2 nitrogen and oxygen atoms in total. The Bertz CT molecular complexity index is 337. The van der Waals surface area contributed by atoms with Gasteiger partial charge in [-0.05, 0) is 36.6 Å². The molecule has 1 aromatic carbocycles. The van der Waals surface area contributed by atoms with Crippen molar-refractivity contribution in [3.05, 3.63) is 29.8 Å². The summed E-state index contributed by atoms with van der Waals surface area (Å²) in [6.07, 6.45) is 1.10. The minimum Gasteiger partial charge on any atom is -0.385 e. The van der Waals surface area contributed by atoms with Crippen LogP contribution in [-0.2, 0) is 11.3 Å². The van der Waals surface area contributed by atoms with Crippen molar-refractivity contribution in [2.24, 2.45) is 5.92 Å². The fraction of sp³-hybridized carbons (Fsp3) is 0.625. The lowest BCUT2D eigenvalue weighted by Gasteiger charge is -2.11. The summed E-state index contributed by atoms with van der Waals surface area (Å²) in [5.74, 6) is 0.705. The second-order valence-corrected chi connectivity index (χ2v) is 6.89. The van der Waals surface area contributed by atoms with E-state index in [-0.39, 0.29) is 0 Å². The van der Waals surface area contributed by atoms with Crippen molar-refractivity contribution in [1.82, 2.24) is 5.32 Å². The first-order valence-corrected chi connectivity index (χ1v) is 7.95. The number of ether oxygens (including phenoxy) is 1. The van der Waals surface area contributed by atoms with Gasteiger partial charge in [0, 0.05) is 30.4 Å². The number of nitrogens with one attached hydrogen (secondary N) is 1. The number of rotatable bonds is 9. The third kappa shape index (κ3) is 7.61. The monoisotopic (exact) mass is 281 g/mol. The Kier molecular flexibility index (Phi) is 8.19. The van der Waals surface area contributed by atoms with E-state index in [2.05, 4.69) is 50.4 Å². The van der Waals surface area contributed by atoms with Gasteiger partial charge in [0.05, 0.1) is 0 Å². The lowest BCUT2D eigenvalue weighted by molar-refractivity contribution is 0.195. The number of methoxy groups -OCH3 is 1. The summed E-state index contributed by atoms with van der Waals surface area (Å²) >= 11 is 1.92. The summed E-state index contributed by atoms with van der Waals surface area (Å²) < 4.78 is 5.11. The molecule has 0 bridgehead atoms. The predicted molar refractivity (Wildman–Crippen MR) is 84.8 cm³/mol. The molecule has 0 spiro atoms. The van der Waals surface area contributed by atoms with Crippen LogP contribution in [0.15, 0.2) is 29.2 Å². The van der Waals surface area contributed by atoms with Gasteiger partial charge in [0.15, 0.2) is 0 Å². The van der Waals surface area contributed by atoms with Crippen LogP contribution in [0, 0.1) is 5.92 Å². The first-order valence-electron chi connectivity index (χ1n) is 7.07. The molecule has 3 heteroatoms. The maximum absolute atomic E-state index is 5.11. The van der Waals surface area contributed by atoms with Crippen LogP contribution in [0.25, 0.3) is 0 Å². The van der Waals surface area contributed by atoms with Crippen molar-refractivity contribution in [1.29, 1.82) is 0 Å². The van der Waals surface area contributed by atoms with Crippen LogP contribution >= 0.6 is 11.8 Å². The van der Waals surface area contributed by atoms with Gasteiger partial charge in [0.2, 0.25) is 0 Å². The van der Waals surface area contributed by atoms with E-state index >= 15 is 0 Å². The molecule has 19 heavy (non-hydrogen) atoms. The van der Waals surface area contributed by atoms with Gasteiger partial charge in [-0.25, -0.2) is 0 Å². The van der Waals surface area contributed by atoms with Crippen molar-refractivity contribution in [3.8, 4) is 0 Å². The van der Waals surface area contributed by atoms with Crippen LogP contribution in [-0.4, -0.2) is 25.5 Å². The molecule has 0 aliphatic heterocycles. The average Bonchev–Trinajstić information content (AvgIpc) is 2.38. The topological polar surface area (TPSA) is 21.3 Å². The van der Waals surface area contributed by atoms with E-state index in [0.717, 1.165) is 26.1 Å². The summed E-state index contributed by atoms with van der Waals surface area (Å²) in [5.41, 5.74) is 1.36. The average molecular weight is 281 g/mol.